The van der Waals surface area contributed by atoms with Crippen LogP contribution in [0, 0.1) is 0 Å². The van der Waals surface area contributed by atoms with E-state index in [9.17, 15) is 0 Å². The van der Waals surface area contributed by atoms with Crippen LogP contribution in [0.3, 0.4) is 0 Å². The quantitative estimate of drug-likeness (QED) is 0.796. The minimum atomic E-state index is 0.383. The molecule has 138 valence electrons. The summed E-state index contributed by atoms with van der Waals surface area (Å²) in [6.45, 7) is 5.84. The molecule has 6 nitrogen and oxygen atoms in total. The highest BCUT2D eigenvalue weighted by Crippen LogP contribution is 2.27. The topological polar surface area (TPSA) is 51.5 Å². The fraction of sp³-hybridized carbons (Fsp3) is 0.526. The number of hydrogen-bond acceptors (Lipinski definition) is 5. The zero-order valence-corrected chi connectivity index (χ0v) is 16.4. The van der Waals surface area contributed by atoms with E-state index in [1.807, 2.05) is 29.9 Å². The van der Waals surface area contributed by atoms with Crippen molar-refractivity contribution in [3.05, 3.63) is 35.0 Å². The molecule has 0 saturated heterocycles. The Balaban J connectivity index is 2.17. The second-order valence-corrected chi connectivity index (χ2v) is 6.68. The number of nitrogens with zero attached hydrogens (tertiary/aromatic N) is 3. The number of benzene rings is 1. The number of hydrogen-bond donors (Lipinski definition) is 1. The Kier molecular flexibility index (Phi) is 6.31. The van der Waals surface area contributed by atoms with Crippen molar-refractivity contribution in [3.63, 3.8) is 0 Å². The maximum absolute atomic E-state index is 5.34. The van der Waals surface area contributed by atoms with Gasteiger partial charge in [0, 0.05) is 45.9 Å². The van der Waals surface area contributed by atoms with E-state index in [0.29, 0.717) is 5.92 Å². The lowest BCUT2D eigenvalue weighted by atomic mass is 10.1. The highest BCUT2D eigenvalue weighted by molar-refractivity contribution is 5.50. The Morgan fingerprint density at radius 3 is 2.16 bits per heavy atom. The van der Waals surface area contributed by atoms with Crippen LogP contribution in [-0.2, 0) is 20.1 Å². The second kappa shape index (κ2) is 8.25. The summed E-state index contributed by atoms with van der Waals surface area (Å²) in [7, 11) is 9.44. The molecule has 0 fully saturated rings. The molecule has 0 radical (unpaired) electrons. The van der Waals surface area contributed by atoms with Crippen LogP contribution in [0.1, 0.15) is 36.6 Å². The summed E-state index contributed by atoms with van der Waals surface area (Å²) in [5, 5.41) is 8.24. The smallest absolute Gasteiger partial charge is 0.130 e. The van der Waals surface area contributed by atoms with Crippen LogP contribution < -0.4 is 19.7 Å². The van der Waals surface area contributed by atoms with E-state index < -0.39 is 0 Å². The van der Waals surface area contributed by atoms with Gasteiger partial charge in [-0.1, -0.05) is 13.8 Å². The van der Waals surface area contributed by atoms with Gasteiger partial charge in [-0.05, 0) is 23.6 Å². The zero-order chi connectivity index (χ0) is 18.6. The number of aromatic nitrogens is 2. The molecule has 0 bridgehead atoms. The Hall–Kier alpha value is -2.21. The van der Waals surface area contributed by atoms with Crippen LogP contribution in [0.5, 0.6) is 11.5 Å². The average molecular weight is 346 g/mol. The third-order valence-electron chi connectivity index (χ3n) is 4.16. The average Bonchev–Trinajstić information content (AvgIpc) is 2.91. The summed E-state index contributed by atoms with van der Waals surface area (Å²) in [6.07, 6.45) is 0. The van der Waals surface area contributed by atoms with Gasteiger partial charge in [0.05, 0.1) is 19.9 Å². The third-order valence-corrected chi connectivity index (χ3v) is 4.16. The molecule has 0 atom stereocenters. The molecule has 1 aromatic carbocycles. The highest BCUT2D eigenvalue weighted by atomic mass is 16.5. The zero-order valence-electron chi connectivity index (χ0n) is 16.4. The fourth-order valence-electron chi connectivity index (χ4n) is 3.07. The van der Waals surface area contributed by atoms with Crippen molar-refractivity contribution in [2.24, 2.45) is 7.05 Å². The van der Waals surface area contributed by atoms with Gasteiger partial charge in [0.2, 0.25) is 0 Å². The van der Waals surface area contributed by atoms with Gasteiger partial charge in [0.25, 0.3) is 0 Å². The number of aryl methyl sites for hydroxylation is 1. The molecule has 25 heavy (non-hydrogen) atoms. The van der Waals surface area contributed by atoms with E-state index in [1.165, 1.54) is 5.56 Å². The standard InChI is InChI=1S/C19H30N4O2/c1-13(2)18-17(19(22(3)4)23(5)21-18)12-20-11-14-8-15(24-6)10-16(9-14)25-7/h8-10,13,20H,11-12H2,1-7H3. The molecule has 0 aliphatic carbocycles. The first-order chi connectivity index (χ1) is 11.9. The molecule has 2 rings (SSSR count). The summed E-state index contributed by atoms with van der Waals surface area (Å²) in [6, 6.07) is 5.93. The Labute approximate surface area is 150 Å². The van der Waals surface area contributed by atoms with E-state index in [4.69, 9.17) is 14.6 Å². The van der Waals surface area contributed by atoms with Crippen molar-refractivity contribution < 1.29 is 9.47 Å². The van der Waals surface area contributed by atoms with Gasteiger partial charge in [0.1, 0.15) is 17.3 Å². The second-order valence-electron chi connectivity index (χ2n) is 6.68. The normalized spacial score (nSPS) is 11.0. The van der Waals surface area contributed by atoms with Crippen molar-refractivity contribution in [3.8, 4) is 11.5 Å². The summed E-state index contributed by atoms with van der Waals surface area (Å²) in [5.74, 6) is 3.12. The number of ether oxygens (including phenoxy) is 2. The van der Waals surface area contributed by atoms with Gasteiger partial charge < -0.3 is 19.7 Å². The molecular formula is C19H30N4O2. The van der Waals surface area contributed by atoms with Gasteiger partial charge in [-0.25, -0.2) is 0 Å². The van der Waals surface area contributed by atoms with Gasteiger partial charge in [-0.15, -0.1) is 0 Å². The van der Waals surface area contributed by atoms with E-state index >= 15 is 0 Å². The highest BCUT2D eigenvalue weighted by Gasteiger charge is 2.19. The lowest BCUT2D eigenvalue weighted by Crippen LogP contribution is -2.19. The third kappa shape index (κ3) is 4.45. The Bertz CT molecular complexity index is 685. The van der Waals surface area contributed by atoms with Gasteiger partial charge in [-0.3, -0.25) is 4.68 Å². The summed E-state index contributed by atoms with van der Waals surface area (Å²) >= 11 is 0. The number of anilines is 1. The molecule has 1 aromatic heterocycles. The molecule has 0 aliphatic rings. The van der Waals surface area contributed by atoms with Gasteiger partial charge >= 0.3 is 0 Å². The molecule has 0 amide bonds. The molecular weight excluding hydrogens is 316 g/mol. The maximum Gasteiger partial charge on any atom is 0.130 e. The first-order valence-corrected chi connectivity index (χ1v) is 8.53. The predicted molar refractivity (Wildman–Crippen MR) is 102 cm³/mol. The largest absolute Gasteiger partial charge is 0.497 e. The number of rotatable bonds is 8. The van der Waals surface area contributed by atoms with E-state index in [0.717, 1.165) is 41.7 Å². The number of methoxy groups -OCH3 is 2. The lowest BCUT2D eigenvalue weighted by molar-refractivity contribution is 0.393. The van der Waals surface area contributed by atoms with Crippen LogP contribution in [0.25, 0.3) is 0 Å². The van der Waals surface area contributed by atoms with E-state index in [2.05, 4.69) is 38.2 Å². The number of nitrogens with one attached hydrogen (secondary N) is 1. The van der Waals surface area contributed by atoms with Crippen LogP contribution in [0.4, 0.5) is 5.82 Å². The van der Waals surface area contributed by atoms with Crippen molar-refractivity contribution in [1.29, 1.82) is 0 Å². The lowest BCUT2D eigenvalue weighted by Gasteiger charge is -2.16. The molecule has 0 unspecified atom stereocenters. The first-order valence-electron chi connectivity index (χ1n) is 8.53. The monoisotopic (exact) mass is 346 g/mol. The van der Waals surface area contributed by atoms with Crippen molar-refractivity contribution in [1.82, 2.24) is 15.1 Å². The fourth-order valence-corrected chi connectivity index (χ4v) is 3.07. The predicted octanol–water partition coefficient (Wildman–Crippen LogP) is 2.92. The van der Waals surface area contributed by atoms with Crippen molar-refractivity contribution in [2.75, 3.05) is 33.2 Å². The van der Waals surface area contributed by atoms with Crippen LogP contribution in [0.2, 0.25) is 0 Å². The molecule has 0 saturated carbocycles. The minimum absolute atomic E-state index is 0.383. The van der Waals surface area contributed by atoms with Crippen molar-refractivity contribution in [2.45, 2.75) is 32.9 Å². The Morgan fingerprint density at radius 1 is 1.08 bits per heavy atom. The van der Waals surface area contributed by atoms with Crippen LogP contribution >= 0.6 is 0 Å². The Morgan fingerprint density at radius 2 is 1.68 bits per heavy atom. The molecule has 6 heteroatoms. The van der Waals surface area contributed by atoms with Crippen LogP contribution in [-0.4, -0.2) is 38.1 Å². The molecule has 1 heterocycles. The molecule has 0 spiro atoms. The molecule has 0 aliphatic heterocycles. The van der Waals surface area contributed by atoms with Gasteiger partial charge in [0.15, 0.2) is 0 Å². The van der Waals surface area contributed by atoms with Gasteiger partial charge in [-0.2, -0.15) is 5.10 Å². The first kappa shape index (κ1) is 19.1. The minimum Gasteiger partial charge on any atom is -0.497 e. The summed E-state index contributed by atoms with van der Waals surface area (Å²) in [4.78, 5) is 2.12. The van der Waals surface area contributed by atoms with E-state index in [-0.39, 0.29) is 0 Å². The van der Waals surface area contributed by atoms with E-state index in [1.54, 1.807) is 14.2 Å². The SMILES string of the molecule is COc1cc(CNCc2c(C(C)C)nn(C)c2N(C)C)cc(OC)c1. The summed E-state index contributed by atoms with van der Waals surface area (Å²) in [5.41, 5.74) is 3.51. The molecule has 2 aromatic rings. The van der Waals surface area contributed by atoms with Crippen LogP contribution in [0.15, 0.2) is 18.2 Å². The summed E-state index contributed by atoms with van der Waals surface area (Å²) < 4.78 is 12.6. The molecule has 1 N–H and O–H groups in total. The maximum atomic E-state index is 5.34. The van der Waals surface area contributed by atoms with Crippen molar-refractivity contribution >= 4 is 5.82 Å².